The quantitative estimate of drug-likeness (QED) is 0.490. The number of amides is 1. The van der Waals surface area contributed by atoms with Crippen molar-refractivity contribution in [2.45, 2.75) is 19.4 Å². The third-order valence-electron chi connectivity index (χ3n) is 5.58. The van der Waals surface area contributed by atoms with E-state index in [1.807, 2.05) is 30.3 Å². The van der Waals surface area contributed by atoms with Crippen molar-refractivity contribution in [3.8, 4) is 11.6 Å². The van der Waals surface area contributed by atoms with Gasteiger partial charge in [0, 0.05) is 37.7 Å². The van der Waals surface area contributed by atoms with Crippen molar-refractivity contribution in [3.63, 3.8) is 0 Å². The topological polar surface area (TPSA) is 77.1 Å². The standard InChI is InChI=1S/C23H19F2N5O2/c1-29-18-10-11-30(23(31)20-16(24)8-5-9-17(20)25)13-15(18)21(27-29)22-26-19(28-32-22)12-14-6-3-2-4-7-14/h2-9H,10-13H2,1H3. The van der Waals surface area contributed by atoms with Gasteiger partial charge in [-0.3, -0.25) is 9.48 Å². The Morgan fingerprint density at radius 3 is 2.59 bits per heavy atom. The van der Waals surface area contributed by atoms with Gasteiger partial charge in [-0.1, -0.05) is 41.6 Å². The summed E-state index contributed by atoms with van der Waals surface area (Å²) in [7, 11) is 1.80. The van der Waals surface area contributed by atoms with E-state index in [0.717, 1.165) is 29.0 Å². The van der Waals surface area contributed by atoms with Crippen molar-refractivity contribution in [1.29, 1.82) is 0 Å². The van der Waals surface area contributed by atoms with Crippen molar-refractivity contribution in [2.75, 3.05) is 6.54 Å². The maximum Gasteiger partial charge on any atom is 0.278 e. The molecule has 0 aliphatic carbocycles. The summed E-state index contributed by atoms with van der Waals surface area (Å²) in [6, 6.07) is 13.2. The molecule has 0 fully saturated rings. The Hall–Kier alpha value is -3.88. The molecule has 0 radical (unpaired) electrons. The Morgan fingerprint density at radius 1 is 1.09 bits per heavy atom. The summed E-state index contributed by atoms with van der Waals surface area (Å²) in [5.74, 6) is -1.69. The van der Waals surface area contributed by atoms with Crippen LogP contribution >= 0.6 is 0 Å². The average Bonchev–Trinajstić information content (AvgIpc) is 3.38. The average molecular weight is 435 g/mol. The lowest BCUT2D eigenvalue weighted by Crippen LogP contribution is -2.37. The molecular weight excluding hydrogens is 416 g/mol. The molecule has 7 nitrogen and oxygen atoms in total. The molecule has 1 aliphatic heterocycles. The predicted molar refractivity (Wildman–Crippen MR) is 111 cm³/mol. The number of rotatable bonds is 4. The van der Waals surface area contributed by atoms with Gasteiger partial charge in [0.2, 0.25) is 0 Å². The zero-order valence-corrected chi connectivity index (χ0v) is 17.3. The van der Waals surface area contributed by atoms with Gasteiger partial charge in [0.25, 0.3) is 11.8 Å². The molecule has 0 bridgehead atoms. The van der Waals surface area contributed by atoms with Gasteiger partial charge < -0.3 is 9.42 Å². The molecule has 162 valence electrons. The van der Waals surface area contributed by atoms with E-state index in [9.17, 15) is 13.6 Å². The predicted octanol–water partition coefficient (Wildman–Crippen LogP) is 3.54. The minimum atomic E-state index is -0.880. The number of halogens is 2. The Morgan fingerprint density at radius 2 is 1.84 bits per heavy atom. The third-order valence-corrected chi connectivity index (χ3v) is 5.58. The van der Waals surface area contributed by atoms with E-state index in [4.69, 9.17) is 4.52 Å². The molecule has 1 amide bonds. The van der Waals surface area contributed by atoms with E-state index < -0.39 is 23.1 Å². The number of aryl methyl sites for hydroxylation is 1. The van der Waals surface area contributed by atoms with Crippen LogP contribution in [-0.2, 0) is 26.4 Å². The molecule has 0 saturated heterocycles. The van der Waals surface area contributed by atoms with Gasteiger partial charge in [0.05, 0.1) is 6.54 Å². The molecule has 2 aromatic carbocycles. The fraction of sp³-hybridized carbons (Fsp3) is 0.217. The highest BCUT2D eigenvalue weighted by atomic mass is 19.1. The van der Waals surface area contributed by atoms with Crippen LogP contribution in [0, 0.1) is 11.6 Å². The molecule has 0 spiro atoms. The van der Waals surface area contributed by atoms with Crippen LogP contribution in [0.1, 0.15) is 33.0 Å². The Bertz CT molecular complexity index is 1280. The van der Waals surface area contributed by atoms with Crippen molar-refractivity contribution in [2.24, 2.45) is 7.05 Å². The maximum atomic E-state index is 14.1. The van der Waals surface area contributed by atoms with Gasteiger partial charge in [-0.25, -0.2) is 8.78 Å². The van der Waals surface area contributed by atoms with Crippen LogP contribution in [0.15, 0.2) is 53.1 Å². The van der Waals surface area contributed by atoms with E-state index in [1.165, 1.54) is 11.0 Å². The fourth-order valence-electron chi connectivity index (χ4n) is 4.00. The molecular formula is C23H19F2N5O2. The number of nitrogens with zero attached hydrogens (tertiary/aromatic N) is 5. The first-order valence-electron chi connectivity index (χ1n) is 10.2. The second-order valence-corrected chi connectivity index (χ2v) is 7.65. The first-order chi connectivity index (χ1) is 15.5. The first kappa shape index (κ1) is 20.0. The first-order valence-corrected chi connectivity index (χ1v) is 10.2. The Labute approximate surface area is 182 Å². The highest BCUT2D eigenvalue weighted by molar-refractivity contribution is 5.95. The van der Waals surface area contributed by atoms with E-state index in [-0.39, 0.29) is 12.4 Å². The summed E-state index contributed by atoms with van der Waals surface area (Å²) < 4.78 is 35.5. The van der Waals surface area contributed by atoms with Crippen LogP contribution in [0.25, 0.3) is 11.6 Å². The summed E-state index contributed by atoms with van der Waals surface area (Å²) in [5, 5.41) is 8.57. The number of aromatic nitrogens is 4. The van der Waals surface area contributed by atoms with Gasteiger partial charge in [-0.05, 0) is 17.7 Å². The second-order valence-electron chi connectivity index (χ2n) is 7.65. The van der Waals surface area contributed by atoms with E-state index in [1.54, 1.807) is 11.7 Å². The molecule has 3 heterocycles. The van der Waals surface area contributed by atoms with Crippen molar-refractivity contribution in [3.05, 3.63) is 88.4 Å². The minimum absolute atomic E-state index is 0.140. The van der Waals surface area contributed by atoms with Crippen LogP contribution in [0.3, 0.4) is 0 Å². The maximum absolute atomic E-state index is 14.1. The molecule has 9 heteroatoms. The van der Waals surface area contributed by atoms with Crippen molar-refractivity contribution >= 4 is 5.91 Å². The molecule has 0 saturated carbocycles. The number of fused-ring (bicyclic) bond motifs is 1. The van der Waals surface area contributed by atoms with Crippen molar-refractivity contribution < 1.29 is 18.1 Å². The van der Waals surface area contributed by atoms with Crippen LogP contribution in [0.4, 0.5) is 8.78 Å². The molecule has 0 N–H and O–H groups in total. The van der Waals surface area contributed by atoms with Gasteiger partial charge in [-0.15, -0.1) is 0 Å². The molecule has 5 rings (SSSR count). The summed E-state index contributed by atoms with van der Waals surface area (Å²) >= 11 is 0. The summed E-state index contributed by atoms with van der Waals surface area (Å²) in [6.07, 6.45) is 1.00. The summed E-state index contributed by atoms with van der Waals surface area (Å²) in [6.45, 7) is 0.461. The normalized spacial score (nSPS) is 13.3. The monoisotopic (exact) mass is 435 g/mol. The number of hydrogen-bond acceptors (Lipinski definition) is 5. The molecule has 0 atom stereocenters. The molecule has 1 aliphatic rings. The van der Waals surface area contributed by atoms with Gasteiger partial charge >= 0.3 is 0 Å². The lowest BCUT2D eigenvalue weighted by molar-refractivity contribution is 0.0723. The van der Waals surface area contributed by atoms with E-state index in [2.05, 4.69) is 15.2 Å². The highest BCUT2D eigenvalue weighted by Crippen LogP contribution is 2.30. The Kier molecular flexibility index (Phi) is 5.01. The largest absolute Gasteiger partial charge is 0.334 e. The summed E-state index contributed by atoms with van der Waals surface area (Å²) in [5.41, 5.74) is 2.62. The SMILES string of the molecule is Cn1nc(-c2nc(Cc3ccccc3)no2)c2c1CCN(C(=O)c1c(F)cccc1F)C2. The zero-order valence-electron chi connectivity index (χ0n) is 17.3. The number of carbonyl (C=O) groups excluding carboxylic acids is 1. The lowest BCUT2D eigenvalue weighted by Gasteiger charge is -2.27. The summed E-state index contributed by atoms with van der Waals surface area (Å²) in [4.78, 5) is 18.8. The zero-order chi connectivity index (χ0) is 22.2. The number of benzene rings is 2. The van der Waals surface area contributed by atoms with Gasteiger partial charge in [0.15, 0.2) is 11.5 Å². The molecule has 2 aromatic heterocycles. The van der Waals surface area contributed by atoms with Crippen LogP contribution in [0.5, 0.6) is 0 Å². The van der Waals surface area contributed by atoms with Crippen LogP contribution < -0.4 is 0 Å². The van der Waals surface area contributed by atoms with Crippen LogP contribution in [-0.4, -0.2) is 37.3 Å². The van der Waals surface area contributed by atoms with Gasteiger partial charge in [0.1, 0.15) is 17.2 Å². The number of hydrogen-bond donors (Lipinski definition) is 0. The number of carbonyl (C=O) groups is 1. The van der Waals surface area contributed by atoms with E-state index >= 15 is 0 Å². The van der Waals surface area contributed by atoms with Gasteiger partial charge in [-0.2, -0.15) is 10.1 Å². The molecule has 0 unspecified atom stereocenters. The highest BCUT2D eigenvalue weighted by Gasteiger charge is 2.31. The Balaban J connectivity index is 1.43. The molecule has 32 heavy (non-hydrogen) atoms. The molecule has 4 aromatic rings. The van der Waals surface area contributed by atoms with Crippen molar-refractivity contribution in [1.82, 2.24) is 24.8 Å². The third kappa shape index (κ3) is 3.55. The van der Waals surface area contributed by atoms with Crippen LogP contribution in [0.2, 0.25) is 0 Å². The van der Waals surface area contributed by atoms with E-state index in [0.29, 0.717) is 30.9 Å². The minimum Gasteiger partial charge on any atom is -0.334 e. The second kappa shape index (κ2) is 7.99. The fourth-order valence-corrected chi connectivity index (χ4v) is 4.00. The smallest absolute Gasteiger partial charge is 0.278 e. The lowest BCUT2D eigenvalue weighted by atomic mass is 10.0.